The zero-order valence-corrected chi connectivity index (χ0v) is 17.8. The predicted octanol–water partition coefficient (Wildman–Crippen LogP) is 4.31. The Morgan fingerprint density at radius 2 is 1.86 bits per heavy atom. The number of hydrogen-bond donors (Lipinski definition) is 1. The molecule has 0 aromatic heterocycles. The number of carbonyl (C=O) groups is 2. The van der Waals surface area contributed by atoms with Gasteiger partial charge >= 0.3 is 5.97 Å². The summed E-state index contributed by atoms with van der Waals surface area (Å²) >= 11 is 6.23. The van der Waals surface area contributed by atoms with Gasteiger partial charge in [0.25, 0.3) is 5.91 Å². The Balaban J connectivity index is 1.99. The monoisotopic (exact) mass is 419 g/mol. The highest BCUT2D eigenvalue weighted by atomic mass is 35.5. The smallest absolute Gasteiger partial charge is 0.339 e. The van der Waals surface area contributed by atoms with Gasteiger partial charge in [-0.25, -0.2) is 4.79 Å². The molecule has 0 spiro atoms. The molecule has 1 atom stereocenters. The SMILES string of the molecule is CCCOc1c(Cl)cc(C(=O)O[C@H](C)C(=O)NCc2ccc(C)cc2)cc1OC. The van der Waals surface area contributed by atoms with Crippen LogP contribution in [-0.4, -0.2) is 31.7 Å². The number of halogens is 1. The number of rotatable bonds is 9. The number of aryl methyl sites for hydroxylation is 1. The molecular weight excluding hydrogens is 394 g/mol. The van der Waals surface area contributed by atoms with Crippen LogP contribution in [0.2, 0.25) is 5.02 Å². The van der Waals surface area contributed by atoms with E-state index in [0.29, 0.717) is 24.7 Å². The van der Waals surface area contributed by atoms with E-state index in [1.807, 2.05) is 38.1 Å². The van der Waals surface area contributed by atoms with Crippen molar-refractivity contribution >= 4 is 23.5 Å². The number of ether oxygens (including phenoxy) is 3. The number of hydrogen-bond acceptors (Lipinski definition) is 5. The van der Waals surface area contributed by atoms with Crippen molar-refractivity contribution in [2.75, 3.05) is 13.7 Å². The largest absolute Gasteiger partial charge is 0.493 e. The van der Waals surface area contributed by atoms with Crippen molar-refractivity contribution < 1.29 is 23.8 Å². The van der Waals surface area contributed by atoms with Gasteiger partial charge in [-0.05, 0) is 38.0 Å². The maximum atomic E-state index is 12.5. The highest BCUT2D eigenvalue weighted by molar-refractivity contribution is 6.32. The second-order valence-electron chi connectivity index (χ2n) is 6.59. The van der Waals surface area contributed by atoms with E-state index in [4.69, 9.17) is 25.8 Å². The lowest BCUT2D eigenvalue weighted by Gasteiger charge is -2.16. The van der Waals surface area contributed by atoms with Gasteiger partial charge < -0.3 is 19.5 Å². The number of esters is 1. The molecule has 0 aliphatic rings. The molecule has 0 saturated heterocycles. The fourth-order valence-corrected chi connectivity index (χ4v) is 2.77. The summed E-state index contributed by atoms with van der Waals surface area (Å²) in [6, 6.07) is 10.7. The van der Waals surface area contributed by atoms with E-state index in [-0.39, 0.29) is 16.5 Å². The minimum Gasteiger partial charge on any atom is -0.493 e. The molecule has 0 aliphatic heterocycles. The molecule has 6 nitrogen and oxygen atoms in total. The molecular formula is C22H26ClNO5. The Morgan fingerprint density at radius 3 is 2.48 bits per heavy atom. The average molecular weight is 420 g/mol. The van der Waals surface area contributed by atoms with Crippen molar-refractivity contribution in [1.82, 2.24) is 5.32 Å². The van der Waals surface area contributed by atoms with Crippen molar-refractivity contribution in [3.05, 3.63) is 58.1 Å². The van der Waals surface area contributed by atoms with Crippen LogP contribution in [0.25, 0.3) is 0 Å². The predicted molar refractivity (Wildman–Crippen MR) is 112 cm³/mol. The first-order valence-corrected chi connectivity index (χ1v) is 9.78. The van der Waals surface area contributed by atoms with Gasteiger partial charge in [-0.15, -0.1) is 0 Å². The summed E-state index contributed by atoms with van der Waals surface area (Å²) in [6.07, 6.45) is -0.160. The third-order valence-corrected chi connectivity index (χ3v) is 4.44. The Morgan fingerprint density at radius 1 is 1.17 bits per heavy atom. The quantitative estimate of drug-likeness (QED) is 0.613. The molecule has 2 rings (SSSR count). The minimum absolute atomic E-state index is 0.175. The van der Waals surface area contributed by atoms with Crippen molar-refractivity contribution in [3.63, 3.8) is 0 Å². The van der Waals surface area contributed by atoms with Crippen LogP contribution in [0.3, 0.4) is 0 Å². The summed E-state index contributed by atoms with van der Waals surface area (Å²) in [6.45, 7) is 6.30. The molecule has 0 unspecified atom stereocenters. The molecule has 0 bridgehead atoms. The minimum atomic E-state index is -0.964. The Hall–Kier alpha value is -2.73. The molecule has 1 N–H and O–H groups in total. The summed E-state index contributed by atoms with van der Waals surface area (Å²) < 4.78 is 16.1. The maximum absolute atomic E-state index is 12.5. The molecule has 7 heteroatoms. The van der Waals surface area contributed by atoms with Crippen molar-refractivity contribution in [2.24, 2.45) is 0 Å². The van der Waals surface area contributed by atoms with E-state index in [9.17, 15) is 9.59 Å². The van der Waals surface area contributed by atoms with E-state index in [0.717, 1.165) is 17.5 Å². The van der Waals surface area contributed by atoms with Crippen LogP contribution in [0.5, 0.6) is 11.5 Å². The summed E-state index contributed by atoms with van der Waals surface area (Å²) in [4.78, 5) is 24.7. The van der Waals surface area contributed by atoms with Crippen LogP contribution in [-0.2, 0) is 16.1 Å². The number of nitrogens with one attached hydrogen (secondary N) is 1. The summed E-state index contributed by atoms with van der Waals surface area (Å²) in [7, 11) is 1.46. The van der Waals surface area contributed by atoms with Crippen molar-refractivity contribution in [2.45, 2.75) is 39.8 Å². The molecule has 0 radical (unpaired) electrons. The molecule has 0 saturated carbocycles. The van der Waals surface area contributed by atoms with Crippen LogP contribution >= 0.6 is 11.6 Å². The lowest BCUT2D eigenvalue weighted by Crippen LogP contribution is -2.35. The summed E-state index contributed by atoms with van der Waals surface area (Å²) in [5.41, 5.74) is 2.28. The fraction of sp³-hybridized carbons (Fsp3) is 0.364. The van der Waals surface area contributed by atoms with Crippen LogP contribution < -0.4 is 14.8 Å². The van der Waals surface area contributed by atoms with Gasteiger partial charge in [0.15, 0.2) is 17.6 Å². The third-order valence-electron chi connectivity index (χ3n) is 4.16. The average Bonchev–Trinajstić information content (AvgIpc) is 2.71. The van der Waals surface area contributed by atoms with Gasteiger partial charge in [0.05, 0.1) is 24.3 Å². The van der Waals surface area contributed by atoms with E-state index in [2.05, 4.69) is 5.32 Å². The fourth-order valence-electron chi connectivity index (χ4n) is 2.50. The van der Waals surface area contributed by atoms with E-state index in [1.165, 1.54) is 26.2 Å². The topological polar surface area (TPSA) is 73.9 Å². The first-order valence-electron chi connectivity index (χ1n) is 9.40. The molecule has 0 heterocycles. The lowest BCUT2D eigenvalue weighted by atomic mass is 10.1. The second kappa shape index (κ2) is 10.7. The number of benzene rings is 2. The summed E-state index contributed by atoms with van der Waals surface area (Å²) in [5, 5.41) is 2.99. The first-order chi connectivity index (χ1) is 13.8. The normalized spacial score (nSPS) is 11.5. The Bertz CT molecular complexity index is 851. The first kappa shape index (κ1) is 22.6. The molecule has 0 aliphatic carbocycles. The van der Waals surface area contributed by atoms with Crippen molar-refractivity contribution in [1.29, 1.82) is 0 Å². The second-order valence-corrected chi connectivity index (χ2v) is 7.00. The van der Waals surface area contributed by atoms with Gasteiger partial charge in [0, 0.05) is 6.54 Å². The lowest BCUT2D eigenvalue weighted by molar-refractivity contribution is -0.129. The molecule has 0 fully saturated rings. The molecule has 156 valence electrons. The van der Waals surface area contributed by atoms with Crippen LogP contribution in [0, 0.1) is 6.92 Å². The third kappa shape index (κ3) is 6.39. The van der Waals surface area contributed by atoms with Crippen LogP contribution in [0.15, 0.2) is 36.4 Å². The molecule has 29 heavy (non-hydrogen) atoms. The highest BCUT2D eigenvalue weighted by Crippen LogP contribution is 2.36. The summed E-state index contributed by atoms with van der Waals surface area (Å²) in [5.74, 6) is -0.365. The van der Waals surface area contributed by atoms with Crippen LogP contribution in [0.4, 0.5) is 0 Å². The van der Waals surface area contributed by atoms with Gasteiger partial charge in [-0.2, -0.15) is 0 Å². The zero-order valence-electron chi connectivity index (χ0n) is 17.1. The van der Waals surface area contributed by atoms with E-state index in [1.54, 1.807) is 0 Å². The van der Waals surface area contributed by atoms with Gasteiger partial charge in [-0.1, -0.05) is 48.4 Å². The van der Waals surface area contributed by atoms with E-state index >= 15 is 0 Å². The number of carbonyl (C=O) groups excluding carboxylic acids is 2. The molecule has 2 aromatic carbocycles. The zero-order chi connectivity index (χ0) is 21.4. The van der Waals surface area contributed by atoms with Crippen LogP contribution in [0.1, 0.15) is 41.8 Å². The highest BCUT2D eigenvalue weighted by Gasteiger charge is 2.21. The van der Waals surface area contributed by atoms with Gasteiger partial charge in [0.2, 0.25) is 0 Å². The Kier molecular flexibility index (Phi) is 8.34. The number of methoxy groups -OCH3 is 1. The van der Waals surface area contributed by atoms with Crippen molar-refractivity contribution in [3.8, 4) is 11.5 Å². The molecule has 1 amide bonds. The number of amides is 1. The standard InChI is InChI=1S/C22H26ClNO5/c1-5-10-28-20-18(23)11-17(12-19(20)27-4)22(26)29-15(3)21(25)24-13-16-8-6-14(2)7-9-16/h6-9,11-12,15H,5,10,13H2,1-4H3,(H,24,25)/t15-/m1/s1. The van der Waals surface area contributed by atoms with Gasteiger partial charge in [-0.3, -0.25) is 4.79 Å². The maximum Gasteiger partial charge on any atom is 0.339 e. The Labute approximate surface area is 176 Å². The van der Waals surface area contributed by atoms with Gasteiger partial charge in [0.1, 0.15) is 0 Å². The van der Waals surface area contributed by atoms with E-state index < -0.39 is 12.1 Å². The molecule has 2 aromatic rings.